The average Bonchev–Trinajstić information content (AvgIpc) is 2.75. The van der Waals surface area contributed by atoms with Gasteiger partial charge in [0.1, 0.15) is 6.10 Å². The summed E-state index contributed by atoms with van der Waals surface area (Å²) in [5, 5.41) is 31.3. The van der Waals surface area contributed by atoms with Crippen molar-refractivity contribution in [2.45, 2.75) is 56.4 Å². The van der Waals surface area contributed by atoms with E-state index in [1.54, 1.807) is 19.9 Å². The number of rotatable bonds is 0. The highest BCUT2D eigenvalue weighted by Gasteiger charge is 2.57. The van der Waals surface area contributed by atoms with Crippen molar-refractivity contribution >= 4 is 5.97 Å². The highest BCUT2D eigenvalue weighted by atomic mass is 16.7. The van der Waals surface area contributed by atoms with Crippen LogP contribution in [0.3, 0.4) is 0 Å². The summed E-state index contributed by atoms with van der Waals surface area (Å²) in [7, 11) is 0. The van der Waals surface area contributed by atoms with E-state index in [1.807, 2.05) is 0 Å². The van der Waals surface area contributed by atoms with Crippen LogP contribution in [0.4, 0.5) is 0 Å². The number of esters is 1. The zero-order chi connectivity index (χ0) is 15.6. The minimum atomic E-state index is -1.61. The molecule has 0 aromatic carbocycles. The molecule has 21 heavy (non-hydrogen) atoms. The van der Waals surface area contributed by atoms with Gasteiger partial charge >= 0.3 is 5.97 Å². The lowest BCUT2D eigenvalue weighted by Gasteiger charge is -2.32. The van der Waals surface area contributed by atoms with Gasteiger partial charge in [-0.25, -0.2) is 4.79 Å². The molecule has 6 atom stereocenters. The molecule has 0 aliphatic carbocycles. The fourth-order valence-electron chi connectivity index (χ4n) is 3.51. The molecule has 3 aliphatic rings. The van der Waals surface area contributed by atoms with Gasteiger partial charge < -0.3 is 24.8 Å². The van der Waals surface area contributed by atoms with Crippen molar-refractivity contribution in [3.05, 3.63) is 23.8 Å². The number of aliphatic hydroxyl groups is 3. The highest BCUT2D eigenvalue weighted by molar-refractivity contribution is 5.91. The van der Waals surface area contributed by atoms with Crippen LogP contribution in [0.25, 0.3) is 0 Å². The smallest absolute Gasteiger partial charge is 0.334 e. The van der Waals surface area contributed by atoms with E-state index in [0.717, 1.165) is 0 Å². The molecular formula is C15H20O6. The summed E-state index contributed by atoms with van der Waals surface area (Å²) in [6.07, 6.45) is -0.873. The Morgan fingerprint density at radius 1 is 1.38 bits per heavy atom. The van der Waals surface area contributed by atoms with Crippen LogP contribution in [-0.4, -0.2) is 51.0 Å². The Balaban J connectivity index is 2.08. The number of fused-ring (bicyclic) bond motifs is 3. The van der Waals surface area contributed by atoms with Gasteiger partial charge in [0, 0.05) is 18.4 Å². The zero-order valence-corrected chi connectivity index (χ0v) is 12.1. The third-order valence-corrected chi connectivity index (χ3v) is 4.90. The predicted octanol–water partition coefficient (Wildman–Crippen LogP) is 0.0236. The van der Waals surface area contributed by atoms with Crippen LogP contribution in [0.1, 0.15) is 26.7 Å². The molecule has 3 heterocycles. The van der Waals surface area contributed by atoms with Crippen LogP contribution in [0.15, 0.2) is 23.8 Å². The Hall–Kier alpha value is -1.21. The Bertz CT molecular complexity index is 540. The van der Waals surface area contributed by atoms with Gasteiger partial charge in [-0.2, -0.15) is 0 Å². The lowest BCUT2D eigenvalue weighted by atomic mass is 9.81. The molecule has 0 radical (unpaired) electrons. The maximum atomic E-state index is 11.7. The summed E-state index contributed by atoms with van der Waals surface area (Å²) < 4.78 is 10.9. The molecule has 2 saturated heterocycles. The van der Waals surface area contributed by atoms with Gasteiger partial charge in [0.25, 0.3) is 0 Å². The third-order valence-electron chi connectivity index (χ3n) is 4.90. The molecule has 2 bridgehead atoms. The monoisotopic (exact) mass is 296 g/mol. The van der Waals surface area contributed by atoms with Crippen molar-refractivity contribution in [1.29, 1.82) is 0 Å². The molecule has 0 aromatic rings. The van der Waals surface area contributed by atoms with Gasteiger partial charge in [-0.1, -0.05) is 6.58 Å². The van der Waals surface area contributed by atoms with E-state index in [1.165, 1.54) is 0 Å². The molecule has 6 heteroatoms. The van der Waals surface area contributed by atoms with Crippen molar-refractivity contribution in [2.24, 2.45) is 5.92 Å². The second-order valence-corrected chi connectivity index (χ2v) is 6.46. The Labute approximate surface area is 122 Å². The first kappa shape index (κ1) is 14.7. The lowest BCUT2D eigenvalue weighted by Crippen LogP contribution is -2.43. The molecular weight excluding hydrogens is 276 g/mol. The Morgan fingerprint density at radius 2 is 2.05 bits per heavy atom. The van der Waals surface area contributed by atoms with Gasteiger partial charge in [-0.05, 0) is 25.5 Å². The van der Waals surface area contributed by atoms with Gasteiger partial charge in [-0.3, -0.25) is 0 Å². The number of carbonyl (C=O) groups excluding carboxylic acids is 1. The van der Waals surface area contributed by atoms with E-state index in [9.17, 15) is 20.1 Å². The van der Waals surface area contributed by atoms with Gasteiger partial charge in [0.2, 0.25) is 0 Å². The molecule has 0 spiro atoms. The Morgan fingerprint density at radius 3 is 2.71 bits per heavy atom. The first-order chi connectivity index (χ1) is 9.66. The first-order valence-corrected chi connectivity index (χ1v) is 7.04. The van der Waals surface area contributed by atoms with Crippen molar-refractivity contribution in [3.63, 3.8) is 0 Å². The van der Waals surface area contributed by atoms with E-state index in [-0.39, 0.29) is 18.4 Å². The number of ether oxygens (including phenoxy) is 2. The minimum absolute atomic E-state index is 0.0187. The lowest BCUT2D eigenvalue weighted by molar-refractivity contribution is -0.206. The predicted molar refractivity (Wildman–Crippen MR) is 72.0 cm³/mol. The van der Waals surface area contributed by atoms with E-state index >= 15 is 0 Å². The number of hydrogen-bond acceptors (Lipinski definition) is 6. The van der Waals surface area contributed by atoms with E-state index in [2.05, 4.69) is 6.58 Å². The molecule has 2 fully saturated rings. The summed E-state index contributed by atoms with van der Waals surface area (Å²) in [6, 6.07) is 0. The Kier molecular flexibility index (Phi) is 3.08. The summed E-state index contributed by atoms with van der Waals surface area (Å²) in [5.41, 5.74) is -0.430. The summed E-state index contributed by atoms with van der Waals surface area (Å²) >= 11 is 0. The standard InChI is InChI=1S/C15H20O6/c1-7-4-10-12(8(2)13(18)20-10)9(16)5-14(3)11(17)6-15(7,19)21-14/h4,9-12,16-17,19H,2,5-6H2,1,3H3/b7-4+/t9-,10-,11+,12-,14-,15-/m1/s1. The van der Waals surface area contributed by atoms with Crippen LogP contribution in [-0.2, 0) is 14.3 Å². The largest absolute Gasteiger partial charge is 0.454 e. The summed E-state index contributed by atoms with van der Waals surface area (Å²) in [4.78, 5) is 11.7. The highest BCUT2D eigenvalue weighted by Crippen LogP contribution is 2.47. The van der Waals surface area contributed by atoms with Crippen LogP contribution >= 0.6 is 0 Å². The second kappa shape index (κ2) is 4.39. The molecule has 0 amide bonds. The van der Waals surface area contributed by atoms with Crippen molar-refractivity contribution in [2.75, 3.05) is 0 Å². The molecule has 0 saturated carbocycles. The fourth-order valence-corrected chi connectivity index (χ4v) is 3.51. The minimum Gasteiger partial charge on any atom is -0.454 e. The van der Waals surface area contributed by atoms with Gasteiger partial charge in [0.15, 0.2) is 5.79 Å². The fraction of sp³-hybridized carbons (Fsp3) is 0.667. The van der Waals surface area contributed by atoms with Crippen LogP contribution in [0.5, 0.6) is 0 Å². The first-order valence-electron chi connectivity index (χ1n) is 7.04. The molecule has 3 rings (SSSR count). The molecule has 6 nitrogen and oxygen atoms in total. The molecule has 0 unspecified atom stereocenters. The SMILES string of the molecule is C=C1C(=O)O[C@@H]2/C=C(\C)[C@@]3(O)C[C@H](O)[C@@](C)(C[C@@H](O)[C@@H]12)O3. The van der Waals surface area contributed by atoms with E-state index < -0.39 is 41.6 Å². The van der Waals surface area contributed by atoms with E-state index in [4.69, 9.17) is 9.47 Å². The average molecular weight is 296 g/mol. The van der Waals surface area contributed by atoms with E-state index in [0.29, 0.717) is 5.57 Å². The van der Waals surface area contributed by atoms with Crippen LogP contribution in [0, 0.1) is 5.92 Å². The van der Waals surface area contributed by atoms with Crippen LogP contribution < -0.4 is 0 Å². The van der Waals surface area contributed by atoms with Crippen molar-refractivity contribution in [1.82, 2.24) is 0 Å². The van der Waals surface area contributed by atoms with Gasteiger partial charge in [-0.15, -0.1) is 0 Å². The zero-order valence-electron chi connectivity index (χ0n) is 12.1. The quantitative estimate of drug-likeness (QED) is 0.331. The molecule has 0 aromatic heterocycles. The second-order valence-electron chi connectivity index (χ2n) is 6.46. The number of hydrogen-bond donors (Lipinski definition) is 3. The van der Waals surface area contributed by atoms with Crippen molar-refractivity contribution in [3.8, 4) is 0 Å². The third kappa shape index (κ3) is 2.05. The number of aliphatic hydroxyl groups excluding tert-OH is 2. The molecule has 3 aliphatic heterocycles. The van der Waals surface area contributed by atoms with Crippen molar-refractivity contribution < 1.29 is 29.6 Å². The number of carbonyl (C=O) groups is 1. The molecule has 3 N–H and O–H groups in total. The topological polar surface area (TPSA) is 96.2 Å². The normalized spacial score (nSPS) is 52.3. The molecule has 116 valence electrons. The van der Waals surface area contributed by atoms with Gasteiger partial charge in [0.05, 0.1) is 23.7 Å². The summed E-state index contributed by atoms with van der Waals surface area (Å²) in [6.45, 7) is 6.99. The maximum absolute atomic E-state index is 11.7. The summed E-state index contributed by atoms with van der Waals surface area (Å²) in [5.74, 6) is -2.75. The maximum Gasteiger partial charge on any atom is 0.334 e. The van der Waals surface area contributed by atoms with Crippen LogP contribution in [0.2, 0.25) is 0 Å².